The Morgan fingerprint density at radius 1 is 1.55 bits per heavy atom. The van der Waals surface area contributed by atoms with E-state index in [0.29, 0.717) is 5.69 Å². The van der Waals surface area contributed by atoms with Crippen LogP contribution in [0.5, 0.6) is 0 Å². The molecular weight excluding hydrogens is 269 g/mol. The third-order valence-electron chi connectivity index (χ3n) is 3.56. The number of aliphatic hydroxyl groups is 2. The largest absolute Gasteiger partial charge is 0.394 e. The first-order valence-electron chi connectivity index (χ1n) is 6.04. The van der Waals surface area contributed by atoms with Gasteiger partial charge < -0.3 is 20.7 Å². The average Bonchev–Trinajstić information content (AvgIpc) is 2.92. The van der Waals surface area contributed by atoms with Gasteiger partial charge in [0.2, 0.25) is 0 Å². The molecule has 0 aromatic carbocycles. The third kappa shape index (κ3) is 1.67. The van der Waals surface area contributed by atoms with Gasteiger partial charge in [-0.15, -0.1) is 0 Å². The molecular formula is C11H14FN5O3. The van der Waals surface area contributed by atoms with E-state index in [-0.39, 0.29) is 11.5 Å². The van der Waals surface area contributed by atoms with Gasteiger partial charge in [-0.25, -0.2) is 18.9 Å². The number of fused-ring (bicyclic) bond motifs is 1. The van der Waals surface area contributed by atoms with Crippen molar-refractivity contribution < 1.29 is 19.3 Å². The first-order chi connectivity index (χ1) is 9.46. The molecule has 0 amide bonds. The molecule has 4 unspecified atom stereocenters. The average molecular weight is 283 g/mol. The van der Waals surface area contributed by atoms with Gasteiger partial charge in [-0.1, -0.05) is 0 Å². The topological polar surface area (TPSA) is 119 Å². The summed E-state index contributed by atoms with van der Waals surface area (Å²) in [5.74, 6) is 0.157. The number of alkyl halides is 1. The lowest BCUT2D eigenvalue weighted by atomic mass is 9.93. The third-order valence-corrected chi connectivity index (χ3v) is 3.56. The van der Waals surface area contributed by atoms with E-state index in [1.807, 2.05) is 0 Å². The van der Waals surface area contributed by atoms with Gasteiger partial charge in [-0.3, -0.25) is 0 Å². The molecule has 2 aromatic heterocycles. The van der Waals surface area contributed by atoms with Crippen LogP contribution in [0, 0.1) is 0 Å². The monoisotopic (exact) mass is 283 g/mol. The fourth-order valence-corrected chi connectivity index (χ4v) is 2.43. The molecule has 0 bridgehead atoms. The van der Waals surface area contributed by atoms with Crippen LogP contribution in [-0.4, -0.2) is 54.3 Å². The molecule has 2 aromatic rings. The second kappa shape index (κ2) is 4.33. The first kappa shape index (κ1) is 13.2. The Balaban J connectivity index is 2.10. The van der Waals surface area contributed by atoms with Gasteiger partial charge >= 0.3 is 0 Å². The van der Waals surface area contributed by atoms with Gasteiger partial charge in [0, 0.05) is 0 Å². The Morgan fingerprint density at radius 3 is 2.95 bits per heavy atom. The molecule has 3 heterocycles. The number of imidazole rings is 1. The van der Waals surface area contributed by atoms with Crippen molar-refractivity contribution in [1.82, 2.24) is 19.6 Å². The fourth-order valence-electron chi connectivity index (χ4n) is 2.43. The Bertz CT molecular complexity index is 646. The number of nitrogen functional groups attached to an aromatic ring is 1. The van der Waals surface area contributed by atoms with Gasteiger partial charge in [-0.2, -0.15) is 5.10 Å². The molecule has 1 saturated heterocycles. The van der Waals surface area contributed by atoms with Gasteiger partial charge in [-0.05, 0) is 6.92 Å². The predicted molar refractivity (Wildman–Crippen MR) is 65.4 cm³/mol. The van der Waals surface area contributed by atoms with Crippen molar-refractivity contribution in [2.75, 3.05) is 12.3 Å². The molecule has 0 aliphatic carbocycles. The van der Waals surface area contributed by atoms with E-state index in [2.05, 4.69) is 15.1 Å². The maximum absolute atomic E-state index is 14.7. The van der Waals surface area contributed by atoms with Crippen molar-refractivity contribution in [2.24, 2.45) is 0 Å². The van der Waals surface area contributed by atoms with Crippen molar-refractivity contribution in [3.63, 3.8) is 0 Å². The molecule has 108 valence electrons. The van der Waals surface area contributed by atoms with Crippen LogP contribution in [0.1, 0.15) is 18.7 Å². The van der Waals surface area contributed by atoms with Crippen molar-refractivity contribution in [3.05, 3.63) is 18.2 Å². The number of ether oxygens (including phenoxy) is 1. The number of anilines is 1. The van der Waals surface area contributed by atoms with Crippen molar-refractivity contribution in [3.8, 4) is 0 Å². The van der Waals surface area contributed by atoms with E-state index in [4.69, 9.17) is 15.6 Å². The Labute approximate surface area is 113 Å². The Kier molecular flexibility index (Phi) is 2.85. The summed E-state index contributed by atoms with van der Waals surface area (Å²) in [6, 6.07) is 0. The molecule has 1 aliphatic heterocycles. The minimum Gasteiger partial charge on any atom is -0.394 e. The summed E-state index contributed by atoms with van der Waals surface area (Å²) in [6.07, 6.45) is -0.964. The molecule has 3 rings (SSSR count). The van der Waals surface area contributed by atoms with Crippen LogP contribution >= 0.6 is 0 Å². The molecule has 0 saturated carbocycles. The van der Waals surface area contributed by atoms with E-state index in [1.165, 1.54) is 24.0 Å². The van der Waals surface area contributed by atoms with Gasteiger partial charge in [0.05, 0.1) is 18.5 Å². The van der Waals surface area contributed by atoms with E-state index in [1.54, 1.807) is 0 Å². The van der Waals surface area contributed by atoms with Crippen LogP contribution < -0.4 is 5.73 Å². The second-order valence-electron chi connectivity index (χ2n) is 4.90. The van der Waals surface area contributed by atoms with Crippen LogP contribution in [0.25, 0.3) is 5.65 Å². The lowest BCUT2D eigenvalue weighted by Gasteiger charge is -2.22. The summed E-state index contributed by atoms with van der Waals surface area (Å²) in [5, 5.41) is 22.9. The van der Waals surface area contributed by atoms with Crippen LogP contribution in [0.3, 0.4) is 0 Å². The second-order valence-corrected chi connectivity index (χ2v) is 4.90. The smallest absolute Gasteiger partial charge is 0.196 e. The standard InChI is InChI=1S/C11H14FN5O3/c1-11(12)7(19)6(3-18)20-8(11)5-2-14-10-9(13)15-4-16-17(5)10/h2,4,6-8,18-19H,3H2,1H3,(H2,13,15,16). The van der Waals surface area contributed by atoms with E-state index in [9.17, 15) is 9.50 Å². The van der Waals surface area contributed by atoms with Gasteiger partial charge in [0.1, 0.15) is 24.6 Å². The molecule has 20 heavy (non-hydrogen) atoms. The van der Waals surface area contributed by atoms with Crippen molar-refractivity contribution >= 4 is 11.5 Å². The predicted octanol–water partition coefficient (Wildman–Crippen LogP) is -0.772. The van der Waals surface area contributed by atoms with Gasteiger partial charge in [0.25, 0.3) is 0 Å². The molecule has 1 fully saturated rings. The fraction of sp³-hybridized carbons (Fsp3) is 0.545. The Morgan fingerprint density at radius 2 is 2.30 bits per heavy atom. The maximum atomic E-state index is 14.7. The number of aromatic nitrogens is 4. The van der Waals surface area contributed by atoms with Crippen molar-refractivity contribution in [2.45, 2.75) is 30.9 Å². The highest BCUT2D eigenvalue weighted by atomic mass is 19.1. The van der Waals surface area contributed by atoms with Gasteiger partial charge in [0.15, 0.2) is 17.1 Å². The summed E-state index contributed by atoms with van der Waals surface area (Å²) in [7, 11) is 0. The van der Waals surface area contributed by atoms with E-state index >= 15 is 0 Å². The molecule has 0 spiro atoms. The van der Waals surface area contributed by atoms with Crippen LogP contribution in [0.2, 0.25) is 0 Å². The highest BCUT2D eigenvalue weighted by Crippen LogP contribution is 2.44. The molecule has 1 aliphatic rings. The molecule has 9 heteroatoms. The zero-order chi connectivity index (χ0) is 14.5. The highest BCUT2D eigenvalue weighted by Gasteiger charge is 2.55. The number of aliphatic hydroxyl groups excluding tert-OH is 2. The number of halogens is 1. The normalized spacial score (nSPS) is 33.9. The quantitative estimate of drug-likeness (QED) is 0.662. The number of nitrogens with zero attached hydrogens (tertiary/aromatic N) is 4. The molecule has 4 N–H and O–H groups in total. The summed E-state index contributed by atoms with van der Waals surface area (Å²) < 4.78 is 21.4. The number of rotatable bonds is 2. The number of hydrogen-bond acceptors (Lipinski definition) is 7. The minimum atomic E-state index is -2.08. The molecule has 4 atom stereocenters. The Hall–Kier alpha value is -1.84. The van der Waals surface area contributed by atoms with Crippen LogP contribution in [-0.2, 0) is 4.74 Å². The summed E-state index contributed by atoms with van der Waals surface area (Å²) >= 11 is 0. The van der Waals surface area contributed by atoms with Crippen LogP contribution in [0.15, 0.2) is 12.5 Å². The highest BCUT2D eigenvalue weighted by molar-refractivity contribution is 5.58. The first-order valence-corrected chi connectivity index (χ1v) is 6.04. The zero-order valence-corrected chi connectivity index (χ0v) is 10.6. The number of nitrogens with two attached hydrogens (primary N) is 1. The lowest BCUT2D eigenvalue weighted by Crippen LogP contribution is -2.39. The summed E-state index contributed by atoms with van der Waals surface area (Å²) in [4.78, 5) is 7.82. The van der Waals surface area contributed by atoms with E-state index < -0.39 is 30.6 Å². The lowest BCUT2D eigenvalue weighted by molar-refractivity contribution is -0.0248. The number of hydrogen-bond donors (Lipinski definition) is 3. The molecule has 8 nitrogen and oxygen atoms in total. The SMILES string of the molecule is CC1(F)C(c2cnc3c(N)ncnn23)OC(CO)C1O. The summed E-state index contributed by atoms with van der Waals surface area (Å²) in [5.41, 5.74) is 4.16. The van der Waals surface area contributed by atoms with Crippen LogP contribution in [0.4, 0.5) is 10.2 Å². The maximum Gasteiger partial charge on any atom is 0.196 e. The molecule has 0 radical (unpaired) electrons. The van der Waals surface area contributed by atoms with Crippen molar-refractivity contribution in [1.29, 1.82) is 0 Å². The zero-order valence-electron chi connectivity index (χ0n) is 10.6. The summed E-state index contributed by atoms with van der Waals surface area (Å²) in [6.45, 7) is 0.729. The van der Waals surface area contributed by atoms with E-state index in [0.717, 1.165) is 0 Å². The minimum absolute atomic E-state index is 0.157.